The third kappa shape index (κ3) is 3.16. The van der Waals surface area contributed by atoms with Gasteiger partial charge in [-0.2, -0.15) is 0 Å². The second-order valence-electron chi connectivity index (χ2n) is 3.49. The molecule has 0 aliphatic rings. The largest absolute Gasteiger partial charge is 0.298 e. The molecule has 0 saturated heterocycles. The van der Waals surface area contributed by atoms with Crippen molar-refractivity contribution >= 4 is 6.29 Å². The first-order valence-electron chi connectivity index (χ1n) is 5.05. The lowest BCUT2D eigenvalue weighted by molar-refractivity contribution is 0.112. The van der Waals surface area contributed by atoms with Crippen LogP contribution in [0.2, 0.25) is 0 Å². The first-order chi connectivity index (χ1) is 7.69. The van der Waals surface area contributed by atoms with E-state index >= 15 is 0 Å². The Morgan fingerprint density at radius 3 is 2.38 bits per heavy atom. The minimum Gasteiger partial charge on any atom is -0.298 e. The van der Waals surface area contributed by atoms with Crippen LogP contribution < -0.4 is 0 Å². The molecule has 3 heteroatoms. The van der Waals surface area contributed by atoms with Crippen LogP contribution in [0.1, 0.15) is 35.2 Å². The molecular formula is C13H12F2O. The van der Waals surface area contributed by atoms with Crippen LogP contribution in [0.25, 0.3) is 0 Å². The van der Waals surface area contributed by atoms with Crippen LogP contribution in [0.5, 0.6) is 0 Å². The maximum absolute atomic E-state index is 13.4. The number of hydrogen-bond acceptors (Lipinski definition) is 1. The molecule has 0 aliphatic heterocycles. The topological polar surface area (TPSA) is 17.1 Å². The van der Waals surface area contributed by atoms with Gasteiger partial charge in [-0.25, -0.2) is 8.78 Å². The van der Waals surface area contributed by atoms with E-state index in [1.165, 1.54) is 0 Å². The molecule has 0 bridgehead atoms. The van der Waals surface area contributed by atoms with Crippen LogP contribution in [0, 0.1) is 24.0 Å². The number of rotatable bonds is 5. The summed E-state index contributed by atoms with van der Waals surface area (Å²) in [7, 11) is 0. The Hall–Kier alpha value is -1.69. The standard InChI is InChI=1S/C13H12F2O/c1-2-3-4-5-6-11-12(14)7-10(9-16)8-13(11)15/h1,7-9H,3-6H2. The highest BCUT2D eigenvalue weighted by Gasteiger charge is 2.10. The lowest BCUT2D eigenvalue weighted by Crippen LogP contribution is -1.98. The molecule has 0 aliphatic carbocycles. The molecule has 0 spiro atoms. The fourth-order valence-electron chi connectivity index (χ4n) is 1.46. The van der Waals surface area contributed by atoms with Gasteiger partial charge in [0.05, 0.1) is 0 Å². The summed E-state index contributed by atoms with van der Waals surface area (Å²) in [6.45, 7) is 0. The van der Waals surface area contributed by atoms with Crippen molar-refractivity contribution in [2.45, 2.75) is 25.7 Å². The average Bonchev–Trinajstić information content (AvgIpc) is 2.26. The number of terminal acetylenes is 1. The van der Waals surface area contributed by atoms with Crippen molar-refractivity contribution in [2.75, 3.05) is 0 Å². The summed E-state index contributed by atoms with van der Waals surface area (Å²) >= 11 is 0. The lowest BCUT2D eigenvalue weighted by Gasteiger charge is -2.05. The second kappa shape index (κ2) is 6.02. The lowest BCUT2D eigenvalue weighted by atomic mass is 10.0. The van der Waals surface area contributed by atoms with Gasteiger partial charge in [-0.1, -0.05) is 0 Å². The highest BCUT2D eigenvalue weighted by molar-refractivity contribution is 5.74. The highest BCUT2D eigenvalue weighted by atomic mass is 19.1. The Morgan fingerprint density at radius 1 is 1.25 bits per heavy atom. The number of carbonyl (C=O) groups is 1. The molecule has 1 aromatic carbocycles. The van der Waals surface area contributed by atoms with E-state index in [2.05, 4.69) is 5.92 Å². The molecule has 84 valence electrons. The predicted octanol–water partition coefficient (Wildman–Crippen LogP) is 3.12. The van der Waals surface area contributed by atoms with E-state index in [1.54, 1.807) is 0 Å². The summed E-state index contributed by atoms with van der Waals surface area (Å²) in [6, 6.07) is 2.10. The molecule has 0 aromatic heterocycles. The minimum atomic E-state index is -0.664. The fourth-order valence-corrected chi connectivity index (χ4v) is 1.46. The molecular weight excluding hydrogens is 210 g/mol. The molecule has 0 heterocycles. The molecule has 0 amide bonds. The molecule has 0 saturated carbocycles. The zero-order chi connectivity index (χ0) is 12.0. The SMILES string of the molecule is C#CCCCCc1c(F)cc(C=O)cc1F. The van der Waals surface area contributed by atoms with Crippen LogP contribution in [0.4, 0.5) is 8.78 Å². The molecule has 0 N–H and O–H groups in total. The number of benzene rings is 1. The Morgan fingerprint density at radius 2 is 1.88 bits per heavy atom. The smallest absolute Gasteiger partial charge is 0.150 e. The summed E-state index contributed by atoms with van der Waals surface area (Å²) in [5.41, 5.74) is 0.0463. The maximum atomic E-state index is 13.4. The van der Waals surface area contributed by atoms with Gasteiger partial charge >= 0.3 is 0 Å². The van der Waals surface area contributed by atoms with E-state index < -0.39 is 11.6 Å². The normalized spacial score (nSPS) is 9.81. The van der Waals surface area contributed by atoms with Gasteiger partial charge in [0.1, 0.15) is 17.9 Å². The van der Waals surface area contributed by atoms with Gasteiger partial charge in [-0.15, -0.1) is 12.3 Å². The Labute approximate surface area is 93.5 Å². The fraction of sp³-hybridized carbons (Fsp3) is 0.308. The molecule has 1 nitrogen and oxygen atoms in total. The Bertz CT molecular complexity index is 395. The van der Waals surface area contributed by atoms with Crippen LogP contribution >= 0.6 is 0 Å². The monoisotopic (exact) mass is 222 g/mol. The molecule has 0 atom stereocenters. The highest BCUT2D eigenvalue weighted by Crippen LogP contribution is 2.17. The van der Waals surface area contributed by atoms with Gasteiger partial charge in [0.15, 0.2) is 0 Å². The Balaban J connectivity index is 2.73. The molecule has 1 aromatic rings. The van der Waals surface area contributed by atoms with Crippen molar-refractivity contribution in [3.8, 4) is 12.3 Å². The zero-order valence-electron chi connectivity index (χ0n) is 8.80. The molecule has 16 heavy (non-hydrogen) atoms. The molecule has 0 unspecified atom stereocenters. The summed E-state index contributed by atoms with van der Waals surface area (Å²) in [5.74, 6) is 1.14. The van der Waals surface area contributed by atoms with Crippen molar-refractivity contribution in [1.82, 2.24) is 0 Å². The van der Waals surface area contributed by atoms with E-state index in [9.17, 15) is 13.6 Å². The number of carbonyl (C=O) groups excluding carboxylic acids is 1. The van der Waals surface area contributed by atoms with Gasteiger partial charge in [0, 0.05) is 17.5 Å². The minimum absolute atomic E-state index is 0.0161. The predicted molar refractivity (Wildman–Crippen MR) is 58.1 cm³/mol. The van der Waals surface area contributed by atoms with Crippen molar-refractivity contribution in [3.63, 3.8) is 0 Å². The van der Waals surface area contributed by atoms with Crippen molar-refractivity contribution in [2.24, 2.45) is 0 Å². The molecule has 0 fully saturated rings. The van der Waals surface area contributed by atoms with Crippen LogP contribution in [-0.2, 0) is 6.42 Å². The maximum Gasteiger partial charge on any atom is 0.150 e. The van der Waals surface area contributed by atoms with E-state index in [-0.39, 0.29) is 11.1 Å². The zero-order valence-corrected chi connectivity index (χ0v) is 8.80. The summed E-state index contributed by atoms with van der Waals surface area (Å²) < 4.78 is 26.7. The van der Waals surface area contributed by atoms with Gasteiger partial charge in [0.2, 0.25) is 0 Å². The van der Waals surface area contributed by atoms with Crippen LogP contribution in [0.3, 0.4) is 0 Å². The average molecular weight is 222 g/mol. The third-order valence-electron chi connectivity index (χ3n) is 2.30. The molecule has 0 radical (unpaired) electrons. The van der Waals surface area contributed by atoms with Gasteiger partial charge in [-0.3, -0.25) is 4.79 Å². The number of halogens is 2. The number of aldehydes is 1. The van der Waals surface area contributed by atoms with E-state index in [0.29, 0.717) is 25.5 Å². The van der Waals surface area contributed by atoms with Crippen LogP contribution in [0.15, 0.2) is 12.1 Å². The Kier molecular flexibility index (Phi) is 4.65. The number of hydrogen-bond donors (Lipinski definition) is 0. The van der Waals surface area contributed by atoms with Crippen molar-refractivity contribution in [1.29, 1.82) is 0 Å². The van der Waals surface area contributed by atoms with Crippen LogP contribution in [-0.4, -0.2) is 6.29 Å². The van der Waals surface area contributed by atoms with Gasteiger partial charge in [-0.05, 0) is 31.4 Å². The van der Waals surface area contributed by atoms with Gasteiger partial charge < -0.3 is 0 Å². The first-order valence-corrected chi connectivity index (χ1v) is 5.05. The molecule has 1 rings (SSSR count). The third-order valence-corrected chi connectivity index (χ3v) is 2.30. The quantitative estimate of drug-likeness (QED) is 0.425. The van der Waals surface area contributed by atoms with Crippen molar-refractivity contribution in [3.05, 3.63) is 34.9 Å². The second-order valence-corrected chi connectivity index (χ2v) is 3.49. The van der Waals surface area contributed by atoms with E-state index in [0.717, 1.165) is 18.6 Å². The first kappa shape index (κ1) is 12.4. The van der Waals surface area contributed by atoms with Crippen molar-refractivity contribution < 1.29 is 13.6 Å². The van der Waals surface area contributed by atoms with E-state index in [4.69, 9.17) is 6.42 Å². The summed E-state index contributed by atoms with van der Waals surface area (Å²) in [6.07, 6.45) is 7.78. The van der Waals surface area contributed by atoms with E-state index in [1.807, 2.05) is 0 Å². The van der Waals surface area contributed by atoms with Gasteiger partial charge in [0.25, 0.3) is 0 Å². The summed E-state index contributed by atoms with van der Waals surface area (Å²) in [4.78, 5) is 10.4. The number of unbranched alkanes of at least 4 members (excludes halogenated alkanes) is 2. The summed E-state index contributed by atoms with van der Waals surface area (Å²) in [5, 5.41) is 0.